The third-order valence-electron chi connectivity index (χ3n) is 2.24. The zero-order valence-electron chi connectivity index (χ0n) is 11.4. The largest absolute Gasteiger partial charge is 0.242 e. The molecule has 16 heavy (non-hydrogen) atoms. The van der Waals surface area contributed by atoms with Gasteiger partial charge in [0.15, 0.2) is 0 Å². The maximum atomic E-state index is 11.9. The van der Waals surface area contributed by atoms with Gasteiger partial charge in [0.1, 0.15) is 0 Å². The molecule has 0 aliphatic rings. The standard InChI is InChI=1S/C13H27NOS/c1-6-8-9-11-12(10-7-2)14-16(15)13(3,4)5/h9,11-12,14H,6-8,10H2,1-5H3/b11-9+/t12-,16+/m0/s1. The molecule has 0 saturated heterocycles. The van der Waals surface area contributed by atoms with Crippen molar-refractivity contribution in [2.24, 2.45) is 0 Å². The van der Waals surface area contributed by atoms with E-state index in [0.717, 1.165) is 25.7 Å². The summed E-state index contributed by atoms with van der Waals surface area (Å²) in [4.78, 5) is 0. The van der Waals surface area contributed by atoms with Crippen molar-refractivity contribution in [2.75, 3.05) is 0 Å². The number of hydrogen-bond donors (Lipinski definition) is 1. The van der Waals surface area contributed by atoms with Crippen molar-refractivity contribution < 1.29 is 4.21 Å². The Kier molecular flexibility index (Phi) is 7.94. The van der Waals surface area contributed by atoms with Crippen LogP contribution in [-0.2, 0) is 11.0 Å². The molecule has 0 rings (SSSR count). The Bertz CT molecular complexity index is 231. The van der Waals surface area contributed by atoms with Crippen molar-refractivity contribution in [3.05, 3.63) is 12.2 Å². The lowest BCUT2D eigenvalue weighted by Gasteiger charge is -2.22. The molecule has 0 aliphatic carbocycles. The average molecular weight is 245 g/mol. The predicted octanol–water partition coefficient (Wildman–Crippen LogP) is 3.56. The van der Waals surface area contributed by atoms with Crippen molar-refractivity contribution in [1.82, 2.24) is 4.72 Å². The van der Waals surface area contributed by atoms with Gasteiger partial charge in [0.25, 0.3) is 0 Å². The first kappa shape index (κ1) is 15.9. The minimum atomic E-state index is -0.976. The van der Waals surface area contributed by atoms with Gasteiger partial charge in [-0.05, 0) is 33.6 Å². The van der Waals surface area contributed by atoms with E-state index >= 15 is 0 Å². The maximum Gasteiger partial charge on any atom is 0.0975 e. The summed E-state index contributed by atoms with van der Waals surface area (Å²) in [5.74, 6) is 0. The van der Waals surface area contributed by atoms with E-state index in [1.165, 1.54) is 0 Å². The van der Waals surface area contributed by atoms with E-state index in [4.69, 9.17) is 0 Å². The van der Waals surface area contributed by atoms with E-state index in [1.54, 1.807) is 0 Å². The van der Waals surface area contributed by atoms with Gasteiger partial charge in [-0.15, -0.1) is 0 Å². The van der Waals surface area contributed by atoms with Crippen LogP contribution in [0.5, 0.6) is 0 Å². The fourth-order valence-corrected chi connectivity index (χ4v) is 2.07. The summed E-state index contributed by atoms with van der Waals surface area (Å²) in [6.45, 7) is 10.3. The summed E-state index contributed by atoms with van der Waals surface area (Å²) in [6, 6.07) is 0.247. The van der Waals surface area contributed by atoms with Gasteiger partial charge in [0.05, 0.1) is 15.7 Å². The van der Waals surface area contributed by atoms with Crippen LogP contribution in [0.1, 0.15) is 60.3 Å². The van der Waals surface area contributed by atoms with Gasteiger partial charge >= 0.3 is 0 Å². The van der Waals surface area contributed by atoms with Gasteiger partial charge in [-0.25, -0.2) is 8.93 Å². The molecule has 2 atom stereocenters. The van der Waals surface area contributed by atoms with Crippen LogP contribution < -0.4 is 4.72 Å². The van der Waals surface area contributed by atoms with E-state index in [-0.39, 0.29) is 10.8 Å². The molecule has 0 radical (unpaired) electrons. The molecule has 0 saturated carbocycles. The van der Waals surface area contributed by atoms with Gasteiger partial charge in [0.2, 0.25) is 0 Å². The summed E-state index contributed by atoms with van der Waals surface area (Å²) in [6.07, 6.45) is 8.77. The van der Waals surface area contributed by atoms with Crippen molar-refractivity contribution >= 4 is 11.0 Å². The fourth-order valence-electron chi connectivity index (χ4n) is 1.25. The molecule has 1 N–H and O–H groups in total. The molecule has 0 spiro atoms. The lowest BCUT2D eigenvalue weighted by atomic mass is 10.1. The minimum absolute atomic E-state index is 0.190. The second kappa shape index (κ2) is 8.02. The van der Waals surface area contributed by atoms with Crippen molar-refractivity contribution in [1.29, 1.82) is 0 Å². The van der Waals surface area contributed by atoms with Crippen LogP contribution in [0, 0.1) is 0 Å². The number of allylic oxidation sites excluding steroid dienone is 1. The molecule has 0 unspecified atom stereocenters. The Morgan fingerprint density at radius 3 is 2.31 bits per heavy atom. The van der Waals surface area contributed by atoms with Crippen molar-refractivity contribution in [3.63, 3.8) is 0 Å². The van der Waals surface area contributed by atoms with Crippen molar-refractivity contribution in [2.45, 2.75) is 71.1 Å². The lowest BCUT2D eigenvalue weighted by Crippen LogP contribution is -2.38. The van der Waals surface area contributed by atoms with Gasteiger partial charge in [-0.3, -0.25) is 0 Å². The normalized spacial score (nSPS) is 16.6. The van der Waals surface area contributed by atoms with Crippen molar-refractivity contribution in [3.8, 4) is 0 Å². The van der Waals surface area contributed by atoms with Gasteiger partial charge in [-0.2, -0.15) is 0 Å². The third kappa shape index (κ3) is 7.18. The quantitative estimate of drug-likeness (QED) is 0.683. The van der Waals surface area contributed by atoms with E-state index in [1.807, 2.05) is 20.8 Å². The molecule has 0 aromatic carbocycles. The van der Waals surface area contributed by atoms with E-state index < -0.39 is 11.0 Å². The molecule has 2 nitrogen and oxygen atoms in total. The Morgan fingerprint density at radius 2 is 1.88 bits per heavy atom. The first-order valence-electron chi connectivity index (χ1n) is 6.26. The number of rotatable bonds is 7. The molecule has 0 fully saturated rings. The number of hydrogen-bond acceptors (Lipinski definition) is 1. The van der Waals surface area contributed by atoms with Gasteiger partial charge in [-0.1, -0.05) is 38.8 Å². The summed E-state index contributed by atoms with van der Waals surface area (Å²) >= 11 is 0. The second-order valence-corrected chi connectivity index (χ2v) is 7.11. The van der Waals surface area contributed by atoms with Crippen LogP contribution in [0.15, 0.2) is 12.2 Å². The predicted molar refractivity (Wildman–Crippen MR) is 73.8 cm³/mol. The van der Waals surface area contributed by atoms with E-state index in [0.29, 0.717) is 0 Å². The Labute approximate surface area is 103 Å². The highest BCUT2D eigenvalue weighted by molar-refractivity contribution is 7.84. The molecule has 3 heteroatoms. The third-order valence-corrected chi connectivity index (χ3v) is 3.87. The zero-order chi connectivity index (χ0) is 12.6. The lowest BCUT2D eigenvalue weighted by molar-refractivity contribution is 0.601. The second-order valence-electron chi connectivity index (χ2n) is 5.11. The SMILES string of the molecule is CCC/C=C/[C@H](CCC)N[S@](=O)C(C)(C)C. The average Bonchev–Trinajstić information content (AvgIpc) is 2.16. The van der Waals surface area contributed by atoms with Gasteiger partial charge in [0, 0.05) is 6.04 Å². The minimum Gasteiger partial charge on any atom is -0.242 e. The highest BCUT2D eigenvalue weighted by Gasteiger charge is 2.21. The zero-order valence-corrected chi connectivity index (χ0v) is 12.2. The summed E-state index contributed by atoms with van der Waals surface area (Å²) in [5.41, 5.74) is 0. The van der Waals surface area contributed by atoms with Crippen LogP contribution in [0.25, 0.3) is 0 Å². The summed E-state index contributed by atoms with van der Waals surface area (Å²) in [7, 11) is -0.976. The van der Waals surface area contributed by atoms with E-state index in [2.05, 4.69) is 30.7 Å². The first-order valence-corrected chi connectivity index (χ1v) is 7.41. The van der Waals surface area contributed by atoms with Crippen LogP contribution in [0.2, 0.25) is 0 Å². The monoisotopic (exact) mass is 245 g/mol. The molecule has 0 aromatic heterocycles. The molecular weight excluding hydrogens is 218 g/mol. The number of unbranched alkanes of at least 4 members (excludes halogenated alkanes) is 1. The van der Waals surface area contributed by atoms with Crippen LogP contribution in [0.4, 0.5) is 0 Å². The topological polar surface area (TPSA) is 29.1 Å². The molecule has 0 aliphatic heterocycles. The highest BCUT2D eigenvalue weighted by atomic mass is 32.2. The van der Waals surface area contributed by atoms with E-state index in [9.17, 15) is 4.21 Å². The smallest absolute Gasteiger partial charge is 0.0975 e. The van der Waals surface area contributed by atoms with Crippen LogP contribution >= 0.6 is 0 Å². The molecule has 0 aromatic rings. The molecule has 0 amide bonds. The molecule has 0 bridgehead atoms. The molecule has 0 heterocycles. The Balaban J connectivity index is 4.27. The molecule has 96 valence electrons. The number of nitrogens with one attached hydrogen (secondary N) is 1. The summed E-state index contributed by atoms with van der Waals surface area (Å²) < 4.78 is 15.0. The maximum absolute atomic E-state index is 11.9. The summed E-state index contributed by atoms with van der Waals surface area (Å²) in [5, 5.41) is 0. The first-order chi connectivity index (χ1) is 7.41. The Morgan fingerprint density at radius 1 is 1.25 bits per heavy atom. The molecular formula is C13H27NOS. The van der Waals surface area contributed by atoms with Crippen LogP contribution in [0.3, 0.4) is 0 Å². The van der Waals surface area contributed by atoms with Gasteiger partial charge < -0.3 is 0 Å². The van der Waals surface area contributed by atoms with Crippen LogP contribution in [-0.4, -0.2) is 15.0 Å². The Hall–Kier alpha value is -0.150. The fraction of sp³-hybridized carbons (Fsp3) is 0.846. The highest BCUT2D eigenvalue weighted by Crippen LogP contribution is 2.11.